The molecular formula is C2H4Cs2O6S. The summed E-state index contributed by atoms with van der Waals surface area (Å²) in [6, 6.07) is 0. The predicted molar refractivity (Wildman–Crippen MR) is 22.9 cm³/mol. The first-order valence-electron chi connectivity index (χ1n) is 1.54. The van der Waals surface area contributed by atoms with Gasteiger partial charge in [-0.1, -0.05) is 0 Å². The van der Waals surface area contributed by atoms with Gasteiger partial charge in [-0.3, -0.25) is 4.55 Å². The Balaban J connectivity index is -0.0000000383. The molecule has 11 heavy (non-hydrogen) atoms. The van der Waals surface area contributed by atoms with Crippen molar-refractivity contribution in [3.63, 3.8) is 0 Å². The van der Waals surface area contributed by atoms with Crippen molar-refractivity contribution in [1.29, 1.82) is 0 Å². The van der Waals surface area contributed by atoms with Crippen molar-refractivity contribution < 1.29 is 166 Å². The molecular weight excluding hydrogens is 418 g/mol. The fourth-order valence-electron chi connectivity index (χ4n) is 0. The van der Waals surface area contributed by atoms with Gasteiger partial charge in [0.1, 0.15) is 0 Å². The Morgan fingerprint density at radius 2 is 1.27 bits per heavy atom. The zero-order valence-electron chi connectivity index (χ0n) is 6.40. The van der Waals surface area contributed by atoms with E-state index in [0.29, 0.717) is 6.26 Å². The molecule has 0 unspecified atom stereocenters. The molecule has 0 fully saturated rings. The summed E-state index contributed by atoms with van der Waals surface area (Å²) in [6.45, 7) is 0. The van der Waals surface area contributed by atoms with Crippen LogP contribution in [0.3, 0.4) is 0 Å². The van der Waals surface area contributed by atoms with Gasteiger partial charge in [0.15, 0.2) is 0 Å². The molecule has 0 aliphatic rings. The van der Waals surface area contributed by atoms with Crippen LogP contribution in [0.2, 0.25) is 0 Å². The molecule has 0 radical (unpaired) electrons. The topological polar surface area (TPSA) is 118 Å². The van der Waals surface area contributed by atoms with Crippen molar-refractivity contribution in [2.75, 3.05) is 6.26 Å². The summed E-state index contributed by atoms with van der Waals surface area (Å²) >= 11 is 0. The van der Waals surface area contributed by atoms with Crippen LogP contribution in [0.1, 0.15) is 0 Å². The van der Waals surface area contributed by atoms with Crippen molar-refractivity contribution in [3.05, 3.63) is 0 Å². The molecule has 0 heterocycles. The predicted octanol–water partition coefficient (Wildman–Crippen LogP) is -8.94. The zero-order chi connectivity index (χ0) is 8.08. The number of hydrogen-bond donors (Lipinski definition) is 1. The van der Waals surface area contributed by atoms with Gasteiger partial charge >= 0.3 is 138 Å². The van der Waals surface area contributed by atoms with E-state index >= 15 is 0 Å². The van der Waals surface area contributed by atoms with Gasteiger partial charge in [0.2, 0.25) is 0 Å². The Hall–Kier alpha value is 3.28. The fourth-order valence-corrected chi connectivity index (χ4v) is 0. The summed E-state index contributed by atoms with van der Waals surface area (Å²) in [6.07, 6.45) is -1.62. The summed E-state index contributed by atoms with van der Waals surface area (Å²) in [4.78, 5) is 8.33. The first-order valence-corrected chi connectivity index (χ1v) is 3.38. The third-order valence-electron chi connectivity index (χ3n) is 0. The van der Waals surface area contributed by atoms with Crippen molar-refractivity contribution in [2.24, 2.45) is 0 Å². The standard InChI is InChI=1S/CH4O3S.CH2O3.2Cs/c1-5(2,3)4;2-1(3)4;;/h1H3,(H,2,3,4);(H2,2,3,4);;/q;;2*+1/p-2. The summed E-state index contributed by atoms with van der Waals surface area (Å²) in [5, 5.41) is 16.7. The molecule has 0 rings (SSSR count). The second-order valence-electron chi connectivity index (χ2n) is 0.983. The maximum absolute atomic E-state index is 9.19. The van der Waals surface area contributed by atoms with Crippen LogP contribution in [0.15, 0.2) is 0 Å². The molecule has 0 atom stereocenters. The number of carbonyl (C=O) groups is 1. The van der Waals surface area contributed by atoms with E-state index < -0.39 is 16.3 Å². The molecule has 0 aliphatic carbocycles. The molecule has 0 saturated heterocycles. The number of carbonyl (C=O) groups excluding carboxylic acids is 1. The van der Waals surface area contributed by atoms with Crippen molar-refractivity contribution in [2.45, 2.75) is 0 Å². The minimum atomic E-state index is -3.67. The van der Waals surface area contributed by atoms with Crippen LogP contribution in [0.5, 0.6) is 0 Å². The SMILES string of the molecule is CS(=O)(=O)O.O=C([O-])[O-].[Cs+].[Cs+]. The average Bonchev–Trinajstić information content (AvgIpc) is 1.19. The van der Waals surface area contributed by atoms with E-state index in [1.807, 2.05) is 0 Å². The zero-order valence-corrected chi connectivity index (χ0v) is 19.8. The monoisotopic (exact) mass is 422 g/mol. The molecule has 0 bridgehead atoms. The van der Waals surface area contributed by atoms with E-state index in [1.54, 1.807) is 0 Å². The van der Waals surface area contributed by atoms with E-state index in [0.717, 1.165) is 0 Å². The second-order valence-corrected chi connectivity index (χ2v) is 2.45. The molecule has 0 amide bonds. The Morgan fingerprint density at radius 1 is 1.27 bits per heavy atom. The van der Waals surface area contributed by atoms with E-state index in [9.17, 15) is 8.42 Å². The third-order valence-corrected chi connectivity index (χ3v) is 0. The first-order chi connectivity index (χ1) is 3.73. The van der Waals surface area contributed by atoms with Gasteiger partial charge in [-0.2, -0.15) is 8.42 Å². The van der Waals surface area contributed by atoms with Crippen LogP contribution in [-0.2, 0) is 10.1 Å². The molecule has 9 heteroatoms. The molecule has 0 aliphatic heterocycles. The minimum Gasteiger partial charge on any atom is -0.652 e. The van der Waals surface area contributed by atoms with Crippen LogP contribution in [0.25, 0.3) is 0 Å². The summed E-state index contributed by atoms with van der Waals surface area (Å²) in [7, 11) is -3.67. The Labute approximate surface area is 182 Å². The Bertz CT molecular complexity index is 161. The Morgan fingerprint density at radius 3 is 1.27 bits per heavy atom. The third kappa shape index (κ3) is 157. The van der Waals surface area contributed by atoms with Gasteiger partial charge in [-0.05, 0) is 6.16 Å². The van der Waals surface area contributed by atoms with Gasteiger partial charge in [0.25, 0.3) is 10.1 Å². The number of carboxylic acid groups (broad SMARTS) is 2. The maximum atomic E-state index is 9.19. The molecule has 0 aromatic heterocycles. The molecule has 0 aromatic carbocycles. The molecule has 6 nitrogen and oxygen atoms in total. The summed E-state index contributed by atoms with van der Waals surface area (Å²) in [5.74, 6) is 0. The van der Waals surface area contributed by atoms with Crippen LogP contribution in [-0.4, -0.2) is 25.4 Å². The summed E-state index contributed by atoms with van der Waals surface area (Å²) < 4.78 is 25.9. The van der Waals surface area contributed by atoms with Crippen molar-refractivity contribution in [1.82, 2.24) is 0 Å². The molecule has 0 aromatic rings. The van der Waals surface area contributed by atoms with Crippen molar-refractivity contribution >= 4 is 16.3 Å². The average molecular weight is 422 g/mol. The molecule has 0 spiro atoms. The first kappa shape index (κ1) is 23.8. The van der Waals surface area contributed by atoms with Gasteiger partial charge in [-0.25, -0.2) is 0 Å². The summed E-state index contributed by atoms with van der Waals surface area (Å²) in [5.41, 5.74) is 0. The van der Waals surface area contributed by atoms with E-state index in [4.69, 9.17) is 19.6 Å². The largest absolute Gasteiger partial charge is 1.00 e. The molecule has 1 N–H and O–H groups in total. The van der Waals surface area contributed by atoms with Gasteiger partial charge in [-0.15, -0.1) is 0 Å². The van der Waals surface area contributed by atoms with Crippen LogP contribution < -0.4 is 148 Å². The maximum Gasteiger partial charge on any atom is 1.00 e. The second kappa shape index (κ2) is 13.3. The van der Waals surface area contributed by atoms with E-state index in [1.165, 1.54) is 0 Å². The number of rotatable bonds is 0. The molecule has 0 saturated carbocycles. The van der Waals surface area contributed by atoms with E-state index in [2.05, 4.69) is 0 Å². The van der Waals surface area contributed by atoms with Crippen LogP contribution >= 0.6 is 0 Å². The van der Waals surface area contributed by atoms with Crippen molar-refractivity contribution in [3.8, 4) is 0 Å². The number of hydrogen-bond acceptors (Lipinski definition) is 5. The smallest absolute Gasteiger partial charge is 0.652 e. The van der Waals surface area contributed by atoms with Crippen LogP contribution in [0, 0.1) is 0 Å². The van der Waals surface area contributed by atoms with E-state index in [-0.39, 0.29) is 138 Å². The van der Waals surface area contributed by atoms with Gasteiger partial charge < -0.3 is 15.0 Å². The minimum absolute atomic E-state index is 0. The van der Waals surface area contributed by atoms with Gasteiger partial charge in [0.05, 0.1) is 6.26 Å². The quantitative estimate of drug-likeness (QED) is 0.388. The normalized spacial score (nSPS) is 7.45. The fraction of sp³-hybridized carbons (Fsp3) is 0.500. The molecule has 56 valence electrons. The van der Waals surface area contributed by atoms with Crippen LogP contribution in [0.4, 0.5) is 4.79 Å². The van der Waals surface area contributed by atoms with Gasteiger partial charge in [0, 0.05) is 0 Å². The Kier molecular flexibility index (Phi) is 28.8.